The topological polar surface area (TPSA) is 51.0 Å². The highest BCUT2D eigenvalue weighted by molar-refractivity contribution is 7.25. The summed E-state index contributed by atoms with van der Waals surface area (Å²) in [5.41, 5.74) is 2.68. The molecule has 0 saturated heterocycles. The van der Waals surface area contributed by atoms with Crippen molar-refractivity contribution in [3.8, 4) is 0 Å². The number of aromatic nitrogens is 3. The van der Waals surface area contributed by atoms with E-state index < -0.39 is 0 Å². The minimum atomic E-state index is -0.0485. The average molecular weight is 371 g/mol. The van der Waals surface area contributed by atoms with Gasteiger partial charge in [0.25, 0.3) is 5.56 Å². The minimum Gasteiger partial charge on any atom is -0.377 e. The first kappa shape index (κ1) is 16.1. The smallest absolute Gasteiger partial charge is 0.271 e. The molecule has 0 saturated carbocycles. The molecule has 7 heteroatoms. The SMILES string of the molecule is CN(C)c1ccnc2sc3c(=O)n(Cc4ccc(Cl)cc4)cnc3c12. The number of pyridine rings is 1. The maximum absolute atomic E-state index is 12.9. The zero-order valence-corrected chi connectivity index (χ0v) is 15.3. The molecule has 0 spiro atoms. The van der Waals surface area contributed by atoms with Gasteiger partial charge in [0.15, 0.2) is 0 Å². The molecule has 0 amide bonds. The van der Waals surface area contributed by atoms with Crippen LogP contribution < -0.4 is 10.5 Å². The number of rotatable bonds is 3. The molecule has 0 bridgehead atoms. The van der Waals surface area contributed by atoms with Gasteiger partial charge in [0, 0.05) is 25.3 Å². The molecule has 0 aliphatic rings. The summed E-state index contributed by atoms with van der Waals surface area (Å²) in [4.78, 5) is 24.7. The highest BCUT2D eigenvalue weighted by Crippen LogP contribution is 2.34. The standard InChI is InChI=1S/C18H15ClN4OS/c1-22(2)13-7-8-20-17-14(13)15-16(25-17)18(24)23(10-21-15)9-11-3-5-12(19)6-4-11/h3-8,10H,9H2,1-2H3. The fraction of sp³-hybridized carbons (Fsp3) is 0.167. The lowest BCUT2D eigenvalue weighted by Gasteiger charge is -2.13. The molecular formula is C18H15ClN4OS. The quantitative estimate of drug-likeness (QED) is 0.550. The van der Waals surface area contributed by atoms with Crippen LogP contribution in [0, 0.1) is 0 Å². The van der Waals surface area contributed by atoms with E-state index in [1.54, 1.807) is 17.1 Å². The van der Waals surface area contributed by atoms with Gasteiger partial charge in [-0.25, -0.2) is 9.97 Å². The van der Waals surface area contributed by atoms with Gasteiger partial charge in [-0.1, -0.05) is 23.7 Å². The van der Waals surface area contributed by atoms with Crippen molar-refractivity contribution in [1.29, 1.82) is 0 Å². The van der Waals surface area contributed by atoms with Crippen LogP contribution in [0.3, 0.4) is 0 Å². The first-order valence-corrected chi connectivity index (χ1v) is 8.92. The van der Waals surface area contributed by atoms with E-state index in [1.807, 2.05) is 49.3 Å². The first-order valence-electron chi connectivity index (χ1n) is 7.73. The molecule has 4 rings (SSSR count). The summed E-state index contributed by atoms with van der Waals surface area (Å²) in [5, 5.41) is 1.61. The molecule has 126 valence electrons. The molecule has 5 nitrogen and oxygen atoms in total. The predicted molar refractivity (Wildman–Crippen MR) is 104 cm³/mol. The van der Waals surface area contributed by atoms with Crippen molar-refractivity contribution >= 4 is 49.1 Å². The number of nitrogens with zero attached hydrogens (tertiary/aromatic N) is 4. The van der Waals surface area contributed by atoms with Gasteiger partial charge in [0.1, 0.15) is 9.53 Å². The highest BCUT2D eigenvalue weighted by Gasteiger charge is 2.16. The number of halogens is 1. The van der Waals surface area contributed by atoms with Crippen LogP contribution in [0.1, 0.15) is 5.56 Å². The van der Waals surface area contributed by atoms with E-state index in [9.17, 15) is 4.79 Å². The Morgan fingerprint density at radius 3 is 2.64 bits per heavy atom. The Morgan fingerprint density at radius 1 is 1.16 bits per heavy atom. The Kier molecular flexibility index (Phi) is 3.94. The fourth-order valence-corrected chi connectivity index (χ4v) is 4.03. The van der Waals surface area contributed by atoms with Crippen LogP contribution >= 0.6 is 22.9 Å². The maximum atomic E-state index is 12.9. The van der Waals surface area contributed by atoms with E-state index >= 15 is 0 Å². The van der Waals surface area contributed by atoms with Gasteiger partial charge in [-0.2, -0.15) is 0 Å². The summed E-state index contributed by atoms with van der Waals surface area (Å²) in [5.74, 6) is 0. The first-order chi connectivity index (χ1) is 12.0. The van der Waals surface area contributed by atoms with Crippen molar-refractivity contribution in [2.24, 2.45) is 0 Å². The summed E-state index contributed by atoms with van der Waals surface area (Å²) in [6.45, 7) is 0.459. The molecular weight excluding hydrogens is 356 g/mol. The number of benzene rings is 1. The number of fused-ring (bicyclic) bond motifs is 3. The van der Waals surface area contributed by atoms with Crippen molar-refractivity contribution in [3.05, 3.63) is 63.8 Å². The van der Waals surface area contributed by atoms with Gasteiger partial charge in [-0.05, 0) is 23.8 Å². The van der Waals surface area contributed by atoms with Gasteiger partial charge in [-0.3, -0.25) is 9.36 Å². The summed E-state index contributed by atoms with van der Waals surface area (Å²) >= 11 is 7.31. The van der Waals surface area contributed by atoms with Crippen molar-refractivity contribution in [3.63, 3.8) is 0 Å². The van der Waals surface area contributed by atoms with Crippen molar-refractivity contribution in [2.75, 3.05) is 19.0 Å². The maximum Gasteiger partial charge on any atom is 0.271 e. The Bertz CT molecular complexity index is 1130. The Labute approximate surface area is 153 Å². The third-order valence-corrected chi connectivity index (χ3v) is 5.40. The van der Waals surface area contributed by atoms with Gasteiger partial charge in [-0.15, -0.1) is 11.3 Å². The predicted octanol–water partition coefficient (Wildman–Crippen LogP) is 3.77. The second-order valence-electron chi connectivity index (χ2n) is 5.99. The van der Waals surface area contributed by atoms with Crippen LogP contribution in [0.2, 0.25) is 5.02 Å². The summed E-state index contributed by atoms with van der Waals surface area (Å²) < 4.78 is 2.25. The van der Waals surface area contributed by atoms with Crippen LogP contribution in [0.25, 0.3) is 20.4 Å². The normalized spacial score (nSPS) is 11.3. The van der Waals surface area contributed by atoms with Gasteiger partial charge >= 0.3 is 0 Å². The van der Waals surface area contributed by atoms with Crippen LogP contribution in [0.5, 0.6) is 0 Å². The molecule has 0 aliphatic carbocycles. The largest absolute Gasteiger partial charge is 0.377 e. The van der Waals surface area contributed by atoms with E-state index in [0.717, 1.165) is 21.5 Å². The molecule has 0 unspecified atom stereocenters. The average Bonchev–Trinajstić information content (AvgIpc) is 2.98. The van der Waals surface area contributed by atoms with Gasteiger partial charge in [0.05, 0.1) is 29.5 Å². The molecule has 3 heterocycles. The van der Waals surface area contributed by atoms with Gasteiger partial charge in [0.2, 0.25) is 0 Å². The van der Waals surface area contributed by atoms with Crippen LogP contribution in [-0.4, -0.2) is 28.6 Å². The van der Waals surface area contributed by atoms with Crippen LogP contribution in [0.15, 0.2) is 47.7 Å². The summed E-state index contributed by atoms with van der Waals surface area (Å²) in [7, 11) is 3.94. The molecule has 4 aromatic rings. The zero-order valence-electron chi connectivity index (χ0n) is 13.7. The van der Waals surface area contributed by atoms with E-state index in [1.165, 1.54) is 11.3 Å². The number of anilines is 1. The number of hydrogen-bond acceptors (Lipinski definition) is 5. The summed E-state index contributed by atoms with van der Waals surface area (Å²) in [6.07, 6.45) is 3.37. The van der Waals surface area contributed by atoms with Gasteiger partial charge < -0.3 is 4.90 Å². The van der Waals surface area contributed by atoms with E-state index in [2.05, 4.69) is 9.97 Å². The molecule has 25 heavy (non-hydrogen) atoms. The van der Waals surface area contributed by atoms with E-state index in [4.69, 9.17) is 11.6 Å². The van der Waals surface area contributed by atoms with Crippen molar-refractivity contribution < 1.29 is 0 Å². The lowest BCUT2D eigenvalue weighted by molar-refractivity contribution is 0.750. The van der Waals surface area contributed by atoms with Crippen molar-refractivity contribution in [1.82, 2.24) is 14.5 Å². The molecule has 1 aromatic carbocycles. The Morgan fingerprint density at radius 2 is 1.92 bits per heavy atom. The molecule has 0 aliphatic heterocycles. The Balaban J connectivity index is 1.88. The lowest BCUT2D eigenvalue weighted by atomic mass is 10.2. The number of thiophene rings is 1. The van der Waals surface area contributed by atoms with E-state index in [0.29, 0.717) is 21.8 Å². The van der Waals surface area contributed by atoms with E-state index in [-0.39, 0.29) is 5.56 Å². The fourth-order valence-electron chi connectivity index (χ4n) is 2.84. The third-order valence-electron chi connectivity index (χ3n) is 4.07. The zero-order chi connectivity index (χ0) is 17.6. The molecule has 0 atom stereocenters. The molecule has 0 fully saturated rings. The summed E-state index contributed by atoms with van der Waals surface area (Å²) in [6, 6.07) is 9.40. The van der Waals surface area contributed by atoms with Crippen molar-refractivity contribution in [2.45, 2.75) is 6.54 Å². The Hall–Kier alpha value is -2.44. The second-order valence-corrected chi connectivity index (χ2v) is 7.42. The molecule has 0 radical (unpaired) electrons. The monoisotopic (exact) mass is 370 g/mol. The molecule has 0 N–H and O–H groups in total. The highest BCUT2D eigenvalue weighted by atomic mass is 35.5. The number of hydrogen-bond donors (Lipinski definition) is 0. The third kappa shape index (κ3) is 2.77. The molecule has 3 aromatic heterocycles. The van der Waals surface area contributed by atoms with Crippen LogP contribution in [-0.2, 0) is 6.54 Å². The van der Waals surface area contributed by atoms with Crippen LogP contribution in [0.4, 0.5) is 5.69 Å². The lowest BCUT2D eigenvalue weighted by Crippen LogP contribution is -2.20. The second kappa shape index (κ2) is 6.13. The minimum absolute atomic E-state index is 0.0485.